The topological polar surface area (TPSA) is 49.9 Å². The van der Waals surface area contributed by atoms with Gasteiger partial charge in [0.1, 0.15) is 5.75 Å². The average molecular weight is 491 g/mol. The van der Waals surface area contributed by atoms with E-state index in [9.17, 15) is 22.8 Å². The number of alkyl halides is 3. The molecule has 180 valence electrons. The van der Waals surface area contributed by atoms with E-state index in [0.717, 1.165) is 37.8 Å². The van der Waals surface area contributed by atoms with Crippen LogP contribution in [-0.2, 0) is 27.2 Å². The summed E-state index contributed by atoms with van der Waals surface area (Å²) in [5.74, 6) is 0.785. The van der Waals surface area contributed by atoms with Crippen molar-refractivity contribution in [2.45, 2.75) is 43.3 Å². The number of benzene rings is 2. The van der Waals surface area contributed by atoms with Crippen LogP contribution in [0.15, 0.2) is 42.5 Å². The number of fused-ring (bicyclic) bond motifs is 2. The monoisotopic (exact) mass is 490 g/mol. The summed E-state index contributed by atoms with van der Waals surface area (Å²) in [5, 5.41) is 0. The number of hydrogen-bond acceptors (Lipinski definition) is 4. The molecule has 2 amide bonds. The van der Waals surface area contributed by atoms with Crippen LogP contribution in [0.1, 0.15) is 42.4 Å². The molecule has 0 N–H and O–H groups in total. The third kappa shape index (κ3) is 3.65. The molecule has 2 aliphatic heterocycles. The highest BCUT2D eigenvalue weighted by Crippen LogP contribution is 2.56. The molecule has 2 aromatic rings. The number of rotatable bonds is 4. The Balaban J connectivity index is 1.56. The summed E-state index contributed by atoms with van der Waals surface area (Å²) < 4.78 is 45.2. The largest absolute Gasteiger partial charge is 0.497 e. The maximum Gasteiger partial charge on any atom is 0.416 e. The van der Waals surface area contributed by atoms with Crippen LogP contribution in [-0.4, -0.2) is 36.1 Å². The van der Waals surface area contributed by atoms with Gasteiger partial charge in [-0.1, -0.05) is 25.0 Å². The van der Waals surface area contributed by atoms with Crippen LogP contribution >= 0.6 is 11.8 Å². The zero-order valence-corrected chi connectivity index (χ0v) is 19.5. The first-order valence-electron chi connectivity index (χ1n) is 11.4. The lowest BCUT2D eigenvalue weighted by atomic mass is 10.0. The van der Waals surface area contributed by atoms with Gasteiger partial charge >= 0.3 is 6.18 Å². The molecule has 0 aromatic heterocycles. The van der Waals surface area contributed by atoms with Crippen molar-refractivity contribution in [1.82, 2.24) is 4.90 Å². The average Bonchev–Trinajstić information content (AvgIpc) is 3.56. The third-order valence-corrected chi connectivity index (χ3v) is 8.39. The molecule has 0 bridgehead atoms. The summed E-state index contributed by atoms with van der Waals surface area (Å²) in [5.41, 5.74) is 0.882. The predicted octanol–water partition coefficient (Wildman–Crippen LogP) is 5.18. The highest BCUT2D eigenvalue weighted by molar-refractivity contribution is 8.01. The number of methoxy groups -OCH3 is 1. The Bertz CT molecular complexity index is 1130. The molecular weight excluding hydrogens is 465 g/mol. The Morgan fingerprint density at radius 2 is 1.94 bits per heavy atom. The van der Waals surface area contributed by atoms with Gasteiger partial charge in [-0.3, -0.25) is 9.59 Å². The molecule has 34 heavy (non-hydrogen) atoms. The first kappa shape index (κ1) is 23.1. The van der Waals surface area contributed by atoms with E-state index in [-0.39, 0.29) is 24.3 Å². The number of nitrogens with zero attached hydrogens (tertiary/aromatic N) is 2. The Morgan fingerprint density at radius 1 is 1.18 bits per heavy atom. The quantitative estimate of drug-likeness (QED) is 0.593. The minimum Gasteiger partial charge on any atom is -0.497 e. The summed E-state index contributed by atoms with van der Waals surface area (Å²) in [6.07, 6.45) is -0.815. The molecule has 2 heterocycles. The maximum absolute atomic E-state index is 14.1. The molecule has 3 aliphatic rings. The zero-order valence-electron chi connectivity index (χ0n) is 18.7. The zero-order chi connectivity index (χ0) is 24.1. The van der Waals surface area contributed by atoms with Crippen LogP contribution in [0.5, 0.6) is 5.75 Å². The van der Waals surface area contributed by atoms with Crippen LogP contribution in [0.25, 0.3) is 0 Å². The maximum atomic E-state index is 14.1. The fraction of sp³-hybridized carbons (Fsp3) is 0.440. The molecule has 1 saturated heterocycles. The first-order chi connectivity index (χ1) is 16.3. The van der Waals surface area contributed by atoms with E-state index in [2.05, 4.69) is 0 Å². The lowest BCUT2D eigenvalue weighted by molar-refractivity contribution is -0.143. The summed E-state index contributed by atoms with van der Waals surface area (Å²) in [4.78, 5) is 29.6. The van der Waals surface area contributed by atoms with E-state index < -0.39 is 16.6 Å². The van der Waals surface area contributed by atoms with Crippen molar-refractivity contribution in [1.29, 1.82) is 0 Å². The van der Waals surface area contributed by atoms with E-state index in [1.54, 1.807) is 29.2 Å². The lowest BCUT2D eigenvalue weighted by Crippen LogP contribution is -2.51. The van der Waals surface area contributed by atoms with E-state index >= 15 is 0 Å². The molecular formula is C25H25F3N2O3S. The first-order valence-corrected chi connectivity index (χ1v) is 12.4. The van der Waals surface area contributed by atoms with Crippen molar-refractivity contribution in [2.24, 2.45) is 5.92 Å². The van der Waals surface area contributed by atoms with E-state index in [0.29, 0.717) is 34.9 Å². The summed E-state index contributed by atoms with van der Waals surface area (Å²) in [6, 6.07) is 10.3. The highest BCUT2D eigenvalue weighted by atomic mass is 32.2. The SMILES string of the molecule is COc1ccc2c(c1)[C@]1(SCCN1C(=O)C1CCCC1)C(=O)N2Cc1cccc(C(F)(F)F)c1. The van der Waals surface area contributed by atoms with Gasteiger partial charge in [-0.15, -0.1) is 11.8 Å². The smallest absolute Gasteiger partial charge is 0.416 e. The summed E-state index contributed by atoms with van der Waals surface area (Å²) in [6.45, 7) is 0.440. The Kier molecular flexibility index (Phi) is 5.78. The molecule has 9 heteroatoms. The van der Waals surface area contributed by atoms with Crippen LogP contribution in [0.4, 0.5) is 18.9 Å². The number of thioether (sulfide) groups is 1. The minimum atomic E-state index is -4.47. The molecule has 1 saturated carbocycles. The molecule has 1 spiro atoms. The van der Waals surface area contributed by atoms with Gasteiger partial charge in [-0.05, 0) is 48.7 Å². The molecule has 0 unspecified atom stereocenters. The van der Waals surface area contributed by atoms with Gasteiger partial charge in [0.05, 0.1) is 24.9 Å². The van der Waals surface area contributed by atoms with E-state index in [1.807, 2.05) is 0 Å². The van der Waals surface area contributed by atoms with Crippen LogP contribution in [0, 0.1) is 5.92 Å². The number of halogens is 3. The van der Waals surface area contributed by atoms with Crippen molar-refractivity contribution in [3.05, 3.63) is 59.2 Å². The molecule has 2 fully saturated rings. The van der Waals surface area contributed by atoms with Crippen LogP contribution in [0.2, 0.25) is 0 Å². The fourth-order valence-corrected chi connectivity index (χ4v) is 6.78. The van der Waals surface area contributed by atoms with Gasteiger partial charge in [-0.2, -0.15) is 13.2 Å². The number of hydrogen-bond donors (Lipinski definition) is 0. The van der Waals surface area contributed by atoms with Gasteiger partial charge in [-0.25, -0.2) is 0 Å². The van der Waals surface area contributed by atoms with Gasteiger partial charge in [0.15, 0.2) is 4.87 Å². The molecule has 5 rings (SSSR count). The number of ether oxygens (including phenoxy) is 1. The van der Waals surface area contributed by atoms with Gasteiger partial charge < -0.3 is 14.5 Å². The van der Waals surface area contributed by atoms with Crippen LogP contribution in [0.3, 0.4) is 0 Å². The van der Waals surface area contributed by atoms with Gasteiger partial charge in [0.2, 0.25) is 5.91 Å². The third-order valence-electron chi connectivity index (χ3n) is 6.97. The number of carbonyl (C=O) groups excluding carboxylic acids is 2. The number of anilines is 1. The van der Waals surface area contributed by atoms with Crippen molar-refractivity contribution < 1.29 is 27.5 Å². The number of amides is 2. The fourth-order valence-electron chi connectivity index (χ4n) is 5.32. The summed E-state index contributed by atoms with van der Waals surface area (Å²) >= 11 is 1.42. The molecule has 0 radical (unpaired) electrons. The van der Waals surface area contributed by atoms with Crippen molar-refractivity contribution in [2.75, 3.05) is 24.3 Å². The number of carbonyl (C=O) groups is 2. The second kappa shape index (κ2) is 8.52. The second-order valence-electron chi connectivity index (χ2n) is 8.94. The van der Waals surface area contributed by atoms with Crippen molar-refractivity contribution in [3.63, 3.8) is 0 Å². The molecule has 2 aromatic carbocycles. The Labute approximate surface area is 200 Å². The van der Waals surface area contributed by atoms with Crippen LogP contribution < -0.4 is 9.64 Å². The standard InChI is InChI=1S/C25H25F3N2O3S/c1-33-19-9-10-21-20(14-19)24(30(11-12-34-24)22(31)17-6-2-3-7-17)23(32)29(21)15-16-5-4-8-18(13-16)25(26,27)28/h4-5,8-10,13-14,17H,2-3,6-7,11-12,15H2,1H3/t24-/m0/s1. The van der Waals surface area contributed by atoms with E-state index in [1.165, 1.54) is 29.8 Å². The van der Waals surface area contributed by atoms with Gasteiger partial charge in [0, 0.05) is 23.8 Å². The lowest BCUT2D eigenvalue weighted by Gasteiger charge is -2.35. The van der Waals surface area contributed by atoms with E-state index in [4.69, 9.17) is 4.74 Å². The van der Waals surface area contributed by atoms with Crippen molar-refractivity contribution >= 4 is 29.3 Å². The van der Waals surface area contributed by atoms with Gasteiger partial charge in [0.25, 0.3) is 5.91 Å². The minimum absolute atomic E-state index is 0.00876. The Hall–Kier alpha value is -2.68. The van der Waals surface area contributed by atoms with Crippen molar-refractivity contribution in [3.8, 4) is 5.75 Å². The summed E-state index contributed by atoms with van der Waals surface area (Å²) in [7, 11) is 1.54. The molecule has 5 nitrogen and oxygen atoms in total. The Morgan fingerprint density at radius 3 is 2.65 bits per heavy atom. The molecule has 1 aliphatic carbocycles. The molecule has 1 atom stereocenters. The normalized spacial score (nSPS) is 22.6. The second-order valence-corrected chi connectivity index (χ2v) is 10.2. The highest BCUT2D eigenvalue weighted by Gasteiger charge is 2.60. The predicted molar refractivity (Wildman–Crippen MR) is 123 cm³/mol.